The zero-order chi connectivity index (χ0) is 12.7. The Labute approximate surface area is 102 Å². The van der Waals surface area contributed by atoms with Crippen LogP contribution in [0.15, 0.2) is 18.7 Å². The molecule has 0 saturated carbocycles. The van der Waals surface area contributed by atoms with Gasteiger partial charge in [0.1, 0.15) is 5.60 Å². The minimum atomic E-state index is -0.746. The van der Waals surface area contributed by atoms with E-state index < -0.39 is 5.60 Å². The Bertz CT molecular complexity index is 334. The Morgan fingerprint density at radius 1 is 1.47 bits per heavy atom. The molecule has 0 aromatic carbocycles. The first-order valence-electron chi connectivity index (χ1n) is 5.85. The Hall–Kier alpha value is -1.36. The Kier molecular flexibility index (Phi) is 5.15. The molecule has 0 aliphatic carbocycles. The summed E-state index contributed by atoms with van der Waals surface area (Å²) in [5.74, 6) is -0.0670. The molecule has 0 aliphatic rings. The van der Waals surface area contributed by atoms with Crippen molar-refractivity contribution in [3.63, 3.8) is 0 Å². The lowest BCUT2D eigenvalue weighted by Gasteiger charge is -2.21. The molecule has 0 saturated heterocycles. The van der Waals surface area contributed by atoms with Crippen molar-refractivity contribution in [1.29, 1.82) is 0 Å². The van der Waals surface area contributed by atoms with E-state index in [1.807, 2.05) is 10.8 Å². The van der Waals surface area contributed by atoms with Gasteiger partial charge in [-0.15, -0.1) is 0 Å². The van der Waals surface area contributed by atoms with Gasteiger partial charge in [0.05, 0.1) is 6.33 Å². The monoisotopic (exact) mass is 239 g/mol. The number of imidazole rings is 1. The summed E-state index contributed by atoms with van der Waals surface area (Å²) in [5.41, 5.74) is -0.746. The van der Waals surface area contributed by atoms with Crippen LogP contribution in [0.2, 0.25) is 0 Å². The molecule has 1 aromatic heterocycles. The molecule has 1 heterocycles. The van der Waals surface area contributed by atoms with Gasteiger partial charge in [-0.1, -0.05) is 0 Å². The van der Waals surface area contributed by atoms with E-state index in [2.05, 4.69) is 10.3 Å². The first kappa shape index (κ1) is 13.7. The average Bonchev–Trinajstić information content (AvgIpc) is 2.81. The SMILES string of the molecule is COC(C)(C)C(=O)NCCCCn1ccnc1. The predicted octanol–water partition coefficient (Wildman–Crippen LogP) is 1.20. The molecule has 1 aromatic rings. The van der Waals surface area contributed by atoms with Gasteiger partial charge >= 0.3 is 0 Å². The van der Waals surface area contributed by atoms with E-state index in [0.29, 0.717) is 6.54 Å². The maximum atomic E-state index is 11.6. The van der Waals surface area contributed by atoms with Crippen LogP contribution >= 0.6 is 0 Å². The van der Waals surface area contributed by atoms with Crippen molar-refractivity contribution < 1.29 is 9.53 Å². The first-order valence-corrected chi connectivity index (χ1v) is 5.85. The summed E-state index contributed by atoms with van der Waals surface area (Å²) in [7, 11) is 1.54. The number of carbonyl (C=O) groups is 1. The Morgan fingerprint density at radius 2 is 2.24 bits per heavy atom. The number of aromatic nitrogens is 2. The molecule has 5 heteroatoms. The number of nitrogens with one attached hydrogen (secondary N) is 1. The highest BCUT2D eigenvalue weighted by Crippen LogP contribution is 2.06. The molecule has 1 N–H and O–H groups in total. The number of unbranched alkanes of at least 4 members (excludes halogenated alkanes) is 1. The summed E-state index contributed by atoms with van der Waals surface area (Å²) < 4.78 is 7.12. The van der Waals surface area contributed by atoms with Crippen LogP contribution in [0.3, 0.4) is 0 Å². The fourth-order valence-corrected chi connectivity index (χ4v) is 1.35. The van der Waals surface area contributed by atoms with E-state index >= 15 is 0 Å². The third kappa shape index (κ3) is 4.56. The molecule has 0 aliphatic heterocycles. The lowest BCUT2D eigenvalue weighted by Crippen LogP contribution is -2.43. The summed E-state index contributed by atoms with van der Waals surface area (Å²) in [6.45, 7) is 5.13. The highest BCUT2D eigenvalue weighted by molar-refractivity contribution is 5.84. The third-order valence-corrected chi connectivity index (χ3v) is 2.74. The largest absolute Gasteiger partial charge is 0.369 e. The normalized spacial score (nSPS) is 11.5. The smallest absolute Gasteiger partial charge is 0.251 e. The van der Waals surface area contributed by atoms with Gasteiger partial charge in [-0.25, -0.2) is 4.98 Å². The predicted molar refractivity (Wildman–Crippen MR) is 65.6 cm³/mol. The van der Waals surface area contributed by atoms with E-state index in [0.717, 1.165) is 19.4 Å². The summed E-state index contributed by atoms with van der Waals surface area (Å²) in [4.78, 5) is 15.6. The highest BCUT2D eigenvalue weighted by atomic mass is 16.5. The summed E-state index contributed by atoms with van der Waals surface area (Å²) >= 11 is 0. The molecular weight excluding hydrogens is 218 g/mol. The topological polar surface area (TPSA) is 56.1 Å². The van der Waals surface area contributed by atoms with Crippen LogP contribution in [-0.4, -0.2) is 34.7 Å². The highest BCUT2D eigenvalue weighted by Gasteiger charge is 2.25. The standard InChI is InChI=1S/C12H21N3O2/c1-12(2,17-3)11(16)14-6-4-5-8-15-9-7-13-10-15/h7,9-10H,4-6,8H2,1-3H3,(H,14,16). The number of nitrogens with zero attached hydrogens (tertiary/aromatic N) is 2. The quantitative estimate of drug-likeness (QED) is 0.727. The second kappa shape index (κ2) is 6.39. The molecule has 5 nitrogen and oxygen atoms in total. The molecule has 0 spiro atoms. The second-order valence-electron chi connectivity index (χ2n) is 4.48. The van der Waals surface area contributed by atoms with E-state index in [4.69, 9.17) is 4.74 Å². The van der Waals surface area contributed by atoms with Crippen molar-refractivity contribution in [1.82, 2.24) is 14.9 Å². The number of hydrogen-bond acceptors (Lipinski definition) is 3. The maximum absolute atomic E-state index is 11.6. The molecule has 96 valence electrons. The molecule has 1 amide bonds. The molecular formula is C12H21N3O2. The molecule has 0 bridgehead atoms. The fourth-order valence-electron chi connectivity index (χ4n) is 1.35. The molecule has 0 radical (unpaired) electrons. The first-order chi connectivity index (χ1) is 8.06. The van der Waals surface area contributed by atoms with Crippen molar-refractivity contribution in [2.45, 2.75) is 38.8 Å². The lowest BCUT2D eigenvalue weighted by atomic mass is 10.1. The zero-order valence-corrected chi connectivity index (χ0v) is 10.8. The molecule has 0 fully saturated rings. The Morgan fingerprint density at radius 3 is 2.82 bits per heavy atom. The van der Waals surface area contributed by atoms with Crippen LogP contribution < -0.4 is 5.32 Å². The average molecular weight is 239 g/mol. The van der Waals surface area contributed by atoms with Gasteiger partial charge in [0, 0.05) is 32.6 Å². The van der Waals surface area contributed by atoms with Crippen molar-refractivity contribution in [2.75, 3.05) is 13.7 Å². The van der Waals surface area contributed by atoms with Crippen LogP contribution in [0.25, 0.3) is 0 Å². The van der Waals surface area contributed by atoms with E-state index in [-0.39, 0.29) is 5.91 Å². The second-order valence-corrected chi connectivity index (χ2v) is 4.48. The van der Waals surface area contributed by atoms with Gasteiger partial charge < -0.3 is 14.6 Å². The number of rotatable bonds is 7. The fraction of sp³-hybridized carbons (Fsp3) is 0.667. The summed E-state index contributed by atoms with van der Waals surface area (Å²) in [5, 5.41) is 2.87. The van der Waals surface area contributed by atoms with Gasteiger partial charge in [-0.3, -0.25) is 4.79 Å². The van der Waals surface area contributed by atoms with Crippen LogP contribution in [0.5, 0.6) is 0 Å². The maximum Gasteiger partial charge on any atom is 0.251 e. The minimum absolute atomic E-state index is 0.0670. The van der Waals surface area contributed by atoms with Crippen LogP contribution in [-0.2, 0) is 16.1 Å². The number of carbonyl (C=O) groups excluding carboxylic acids is 1. The lowest BCUT2D eigenvalue weighted by molar-refractivity contribution is -0.139. The van der Waals surface area contributed by atoms with E-state index in [1.54, 1.807) is 33.5 Å². The molecule has 0 atom stereocenters. The van der Waals surface area contributed by atoms with Gasteiger partial charge in [0.15, 0.2) is 0 Å². The van der Waals surface area contributed by atoms with E-state index in [1.165, 1.54) is 0 Å². The van der Waals surface area contributed by atoms with Gasteiger partial charge in [0.2, 0.25) is 0 Å². The van der Waals surface area contributed by atoms with Crippen LogP contribution in [0, 0.1) is 0 Å². The van der Waals surface area contributed by atoms with Crippen molar-refractivity contribution in [3.8, 4) is 0 Å². The van der Waals surface area contributed by atoms with Crippen LogP contribution in [0.4, 0.5) is 0 Å². The zero-order valence-electron chi connectivity index (χ0n) is 10.8. The Balaban J connectivity index is 2.10. The molecule has 17 heavy (non-hydrogen) atoms. The number of ether oxygens (including phenoxy) is 1. The van der Waals surface area contributed by atoms with Gasteiger partial charge in [-0.2, -0.15) is 0 Å². The minimum Gasteiger partial charge on any atom is -0.369 e. The van der Waals surface area contributed by atoms with Crippen molar-refractivity contribution in [3.05, 3.63) is 18.7 Å². The number of aryl methyl sites for hydroxylation is 1. The molecule has 1 rings (SSSR count). The molecule has 0 unspecified atom stereocenters. The summed E-state index contributed by atoms with van der Waals surface area (Å²) in [6.07, 6.45) is 7.47. The number of amides is 1. The van der Waals surface area contributed by atoms with Crippen molar-refractivity contribution >= 4 is 5.91 Å². The number of hydrogen-bond donors (Lipinski definition) is 1. The summed E-state index contributed by atoms with van der Waals surface area (Å²) in [6, 6.07) is 0. The van der Waals surface area contributed by atoms with Crippen LogP contribution in [0.1, 0.15) is 26.7 Å². The van der Waals surface area contributed by atoms with Gasteiger partial charge in [0.25, 0.3) is 5.91 Å². The number of methoxy groups -OCH3 is 1. The van der Waals surface area contributed by atoms with Gasteiger partial charge in [-0.05, 0) is 26.7 Å². The third-order valence-electron chi connectivity index (χ3n) is 2.74. The van der Waals surface area contributed by atoms with E-state index in [9.17, 15) is 4.79 Å². The van der Waals surface area contributed by atoms with Crippen molar-refractivity contribution in [2.24, 2.45) is 0 Å².